The number of carbonyl (C=O) groups is 1. The van der Waals surface area contributed by atoms with Crippen molar-refractivity contribution in [3.63, 3.8) is 0 Å². The smallest absolute Gasteiger partial charge is 0.264 e. The summed E-state index contributed by atoms with van der Waals surface area (Å²) in [5.41, 5.74) is 2.98. The van der Waals surface area contributed by atoms with Crippen LogP contribution in [0.15, 0.2) is 59.1 Å². The van der Waals surface area contributed by atoms with Gasteiger partial charge in [0.25, 0.3) is 16.0 Å². The molecule has 0 spiro atoms. The molecule has 0 unspecified atom stereocenters. The van der Waals surface area contributed by atoms with E-state index in [0.29, 0.717) is 28.4 Å². The van der Waals surface area contributed by atoms with Gasteiger partial charge in [0.1, 0.15) is 5.69 Å². The number of amides is 1. The first-order chi connectivity index (χ1) is 18.0. The summed E-state index contributed by atoms with van der Waals surface area (Å²) >= 11 is 1.35. The van der Waals surface area contributed by atoms with E-state index in [4.69, 9.17) is 9.29 Å². The minimum absolute atomic E-state index is 0.0226. The van der Waals surface area contributed by atoms with Crippen molar-refractivity contribution in [3.05, 3.63) is 54.9 Å². The van der Waals surface area contributed by atoms with Crippen LogP contribution in [0.5, 0.6) is 5.75 Å². The van der Waals surface area contributed by atoms with Crippen molar-refractivity contribution in [1.82, 2.24) is 29.4 Å². The lowest BCUT2D eigenvalue weighted by Gasteiger charge is -2.26. The quantitative estimate of drug-likeness (QED) is 0.329. The van der Waals surface area contributed by atoms with E-state index in [2.05, 4.69) is 20.3 Å². The van der Waals surface area contributed by atoms with E-state index in [9.17, 15) is 17.6 Å². The number of nitrogens with zero attached hydrogens (tertiary/aromatic N) is 7. The fourth-order valence-electron chi connectivity index (χ4n) is 3.79. The Balaban J connectivity index is 0.000000540. The molecule has 1 N–H and O–H groups in total. The number of anilines is 1. The Bertz CT molecular complexity index is 1810. The number of aromatic nitrogens is 6. The molecule has 1 aliphatic heterocycles. The Hall–Kier alpha value is -4.08. The Labute approximate surface area is 219 Å². The van der Waals surface area contributed by atoms with E-state index in [1.165, 1.54) is 17.8 Å². The van der Waals surface area contributed by atoms with Crippen LogP contribution in [0.3, 0.4) is 0 Å². The van der Waals surface area contributed by atoms with E-state index in [1.54, 1.807) is 39.6 Å². The highest BCUT2D eigenvalue weighted by Crippen LogP contribution is 2.39. The lowest BCUT2D eigenvalue weighted by Crippen LogP contribution is -2.35. The van der Waals surface area contributed by atoms with Gasteiger partial charge < -0.3 is 9.64 Å². The zero-order valence-corrected chi connectivity index (χ0v) is 21.9. The van der Waals surface area contributed by atoms with E-state index in [1.807, 2.05) is 31.4 Å². The number of pyridine rings is 2. The van der Waals surface area contributed by atoms with Gasteiger partial charge in [-0.2, -0.15) is 13.5 Å². The second-order valence-electron chi connectivity index (χ2n) is 8.38. The number of likely N-dealkylation sites (N-methyl/N-ethyl adjacent to an activating group) is 1. The molecular weight excluding hydrogens is 537 g/mol. The molecule has 6 rings (SSSR count). The zero-order valence-electron chi connectivity index (χ0n) is 20.2. The second kappa shape index (κ2) is 9.66. The van der Waals surface area contributed by atoms with E-state index in [-0.39, 0.29) is 18.2 Å². The fraction of sp³-hybridized carbons (Fsp3) is 0.174. The Morgan fingerprint density at radius 2 is 1.87 bits per heavy atom. The first-order valence-electron chi connectivity index (χ1n) is 10.9. The largest absolute Gasteiger partial charge is 0.481 e. The monoisotopic (exact) mass is 557 g/mol. The minimum atomic E-state index is -3.67. The van der Waals surface area contributed by atoms with Crippen LogP contribution < -0.4 is 9.64 Å². The molecule has 0 radical (unpaired) electrons. The SMILES string of the molecule is CN1C(=O)COc2c1cnc1ccc(Sc3nnc4c(F)cc(-c5cnn(C)c5)cn34)cc21.CS(=O)(=O)O. The highest BCUT2D eigenvalue weighted by molar-refractivity contribution is 7.99. The van der Waals surface area contributed by atoms with Gasteiger partial charge in [0.15, 0.2) is 23.8 Å². The molecule has 38 heavy (non-hydrogen) atoms. The van der Waals surface area contributed by atoms with Gasteiger partial charge >= 0.3 is 0 Å². The number of hydrogen-bond acceptors (Lipinski definition) is 9. The summed E-state index contributed by atoms with van der Waals surface area (Å²) in [6, 6.07) is 7.14. The summed E-state index contributed by atoms with van der Waals surface area (Å²) in [6.07, 6.45) is 7.65. The molecule has 15 heteroatoms. The van der Waals surface area contributed by atoms with Gasteiger partial charge in [-0.05, 0) is 36.0 Å². The molecule has 5 heterocycles. The summed E-state index contributed by atoms with van der Waals surface area (Å²) in [4.78, 5) is 18.8. The van der Waals surface area contributed by atoms with Gasteiger partial charge in [-0.3, -0.25) is 23.4 Å². The van der Waals surface area contributed by atoms with Gasteiger partial charge in [-0.15, -0.1) is 10.2 Å². The summed E-state index contributed by atoms with van der Waals surface area (Å²) in [5.74, 6) is 0.0182. The molecule has 0 saturated heterocycles. The molecule has 12 nitrogen and oxygen atoms in total. The minimum Gasteiger partial charge on any atom is -0.481 e. The van der Waals surface area contributed by atoms with Crippen LogP contribution in [-0.2, 0) is 22.0 Å². The number of benzene rings is 1. The van der Waals surface area contributed by atoms with Crippen LogP contribution in [0.4, 0.5) is 10.1 Å². The highest BCUT2D eigenvalue weighted by Gasteiger charge is 2.25. The number of rotatable bonds is 3. The Morgan fingerprint density at radius 3 is 2.58 bits per heavy atom. The average molecular weight is 558 g/mol. The van der Waals surface area contributed by atoms with Crippen molar-refractivity contribution in [2.24, 2.45) is 7.05 Å². The molecule has 1 aromatic carbocycles. The molecule has 0 saturated carbocycles. The third-order valence-electron chi connectivity index (χ3n) is 5.52. The third-order valence-corrected chi connectivity index (χ3v) is 6.47. The van der Waals surface area contributed by atoms with Crippen molar-refractivity contribution in [1.29, 1.82) is 0 Å². The van der Waals surface area contributed by atoms with Crippen molar-refractivity contribution in [2.75, 3.05) is 24.8 Å². The van der Waals surface area contributed by atoms with Gasteiger partial charge in [0.05, 0.1) is 24.2 Å². The third kappa shape index (κ3) is 5.16. The number of aryl methyl sites for hydroxylation is 1. The molecule has 0 fully saturated rings. The molecule has 0 atom stereocenters. The summed E-state index contributed by atoms with van der Waals surface area (Å²) in [6.45, 7) is -0.0226. The lowest BCUT2D eigenvalue weighted by atomic mass is 10.1. The van der Waals surface area contributed by atoms with Crippen LogP contribution in [0.1, 0.15) is 0 Å². The highest BCUT2D eigenvalue weighted by atomic mass is 32.2. The molecule has 5 aromatic rings. The number of halogens is 1. The molecule has 1 aliphatic rings. The summed E-state index contributed by atoms with van der Waals surface area (Å²) in [7, 11) is -0.157. The maximum Gasteiger partial charge on any atom is 0.264 e. The lowest BCUT2D eigenvalue weighted by molar-refractivity contribution is -0.120. The summed E-state index contributed by atoms with van der Waals surface area (Å²) < 4.78 is 49.6. The maximum atomic E-state index is 14.7. The average Bonchev–Trinajstić information content (AvgIpc) is 3.47. The van der Waals surface area contributed by atoms with E-state index in [0.717, 1.165) is 21.4 Å². The van der Waals surface area contributed by atoms with Crippen LogP contribution in [-0.4, -0.2) is 68.2 Å². The van der Waals surface area contributed by atoms with Gasteiger partial charge in [-0.25, -0.2) is 4.39 Å². The van der Waals surface area contributed by atoms with Gasteiger partial charge in [0.2, 0.25) is 5.16 Å². The predicted octanol–water partition coefficient (Wildman–Crippen LogP) is 2.83. The van der Waals surface area contributed by atoms with E-state index >= 15 is 0 Å². The summed E-state index contributed by atoms with van der Waals surface area (Å²) in [5, 5.41) is 13.7. The normalized spacial score (nSPS) is 13.3. The topological polar surface area (TPSA) is 145 Å². The Morgan fingerprint density at radius 1 is 1.11 bits per heavy atom. The number of ether oxygens (including phenoxy) is 1. The maximum absolute atomic E-state index is 14.7. The fourth-order valence-corrected chi connectivity index (χ4v) is 4.64. The van der Waals surface area contributed by atoms with Crippen molar-refractivity contribution in [3.8, 4) is 16.9 Å². The van der Waals surface area contributed by atoms with Crippen LogP contribution >= 0.6 is 11.8 Å². The molecule has 196 valence electrons. The molecule has 4 aromatic heterocycles. The van der Waals surface area contributed by atoms with Crippen LogP contribution in [0, 0.1) is 5.82 Å². The molecule has 0 bridgehead atoms. The van der Waals surface area contributed by atoms with Gasteiger partial charge in [-0.1, -0.05) is 0 Å². The predicted molar refractivity (Wildman–Crippen MR) is 137 cm³/mol. The van der Waals surface area contributed by atoms with Crippen LogP contribution in [0.25, 0.3) is 27.7 Å². The molecular formula is C23H20FN7O5S2. The molecule has 0 aliphatic carbocycles. The van der Waals surface area contributed by atoms with Crippen molar-refractivity contribution < 1.29 is 26.9 Å². The standard InChI is InChI=1S/C22H16FN7O2S.CH4O3S/c1-28-9-13(7-25-28)12-5-16(23)21-26-27-22(30(21)10-12)33-14-3-4-17-15(6-14)20-18(8-24-17)29(2)19(31)11-32-20;1-5(2,3)4/h3-10H,11H2,1-2H3;1H3,(H,2,3,4). The zero-order chi connectivity index (χ0) is 27.2. The van der Waals surface area contributed by atoms with Crippen LogP contribution in [0.2, 0.25) is 0 Å². The molecule has 1 amide bonds. The number of carbonyl (C=O) groups excluding carboxylic acids is 1. The first kappa shape index (κ1) is 25.6. The van der Waals surface area contributed by atoms with Crippen molar-refractivity contribution >= 4 is 50.0 Å². The number of hydrogen-bond donors (Lipinski definition) is 1. The van der Waals surface area contributed by atoms with Crippen molar-refractivity contribution in [2.45, 2.75) is 10.1 Å². The number of fused-ring (bicyclic) bond motifs is 4. The first-order valence-corrected chi connectivity index (χ1v) is 13.6. The van der Waals surface area contributed by atoms with Gasteiger partial charge in [0, 0.05) is 47.9 Å². The second-order valence-corrected chi connectivity index (χ2v) is 10.9. The Kier molecular flexibility index (Phi) is 6.50. The van der Waals surface area contributed by atoms with E-state index < -0.39 is 15.9 Å².